The number of amides is 2. The molecule has 24 heavy (non-hydrogen) atoms. The fourth-order valence-electron chi connectivity index (χ4n) is 1.92. The van der Waals surface area contributed by atoms with E-state index in [0.717, 1.165) is 17.0 Å². The van der Waals surface area contributed by atoms with Gasteiger partial charge in [0.2, 0.25) is 0 Å². The lowest BCUT2D eigenvalue weighted by atomic mass is 10.2. The summed E-state index contributed by atoms with van der Waals surface area (Å²) >= 11 is 6.12. The van der Waals surface area contributed by atoms with Gasteiger partial charge in [-0.2, -0.15) is 0 Å². The molecule has 0 spiro atoms. The largest absolute Gasteiger partial charge is 0.573 e. The third-order valence-corrected chi connectivity index (χ3v) is 3.92. The molecule has 11 heteroatoms. The van der Waals surface area contributed by atoms with E-state index in [4.69, 9.17) is 5.11 Å². The zero-order valence-electron chi connectivity index (χ0n) is 11.7. The Morgan fingerprint density at radius 3 is 2.50 bits per heavy atom. The summed E-state index contributed by atoms with van der Waals surface area (Å²) in [6.07, 6.45) is -4.01. The molecule has 1 aliphatic heterocycles. The van der Waals surface area contributed by atoms with Crippen LogP contribution >= 0.6 is 31.9 Å². The van der Waals surface area contributed by atoms with Crippen LogP contribution in [0.1, 0.15) is 0 Å². The molecule has 2 amide bonds. The van der Waals surface area contributed by atoms with E-state index >= 15 is 0 Å². The van der Waals surface area contributed by atoms with Gasteiger partial charge in [-0.15, -0.1) is 13.2 Å². The third-order valence-electron chi connectivity index (χ3n) is 2.84. The van der Waals surface area contributed by atoms with Crippen LogP contribution in [0.3, 0.4) is 0 Å². The van der Waals surface area contributed by atoms with Gasteiger partial charge in [-0.1, -0.05) is 15.9 Å². The van der Waals surface area contributed by atoms with E-state index in [2.05, 4.69) is 41.9 Å². The number of halogens is 5. The second kappa shape index (κ2) is 7.11. The fraction of sp³-hybridized carbons (Fsp3) is 0.231. The Morgan fingerprint density at radius 2 is 1.92 bits per heavy atom. The molecular weight excluding hydrogens is 465 g/mol. The van der Waals surface area contributed by atoms with Crippen molar-refractivity contribution in [3.05, 3.63) is 32.9 Å². The topological polar surface area (TPSA) is 78.9 Å². The molecule has 0 bridgehead atoms. The molecule has 0 fully saturated rings. The number of ether oxygens (including phenoxy) is 1. The highest BCUT2D eigenvalue weighted by Crippen LogP contribution is 2.40. The molecule has 1 aliphatic rings. The van der Waals surface area contributed by atoms with E-state index in [-0.39, 0.29) is 22.4 Å². The Hall–Kier alpha value is -1.59. The molecule has 1 heterocycles. The van der Waals surface area contributed by atoms with E-state index in [1.54, 1.807) is 0 Å². The van der Waals surface area contributed by atoms with Crippen LogP contribution in [-0.2, 0) is 9.59 Å². The normalized spacial score (nSPS) is 14.9. The third kappa shape index (κ3) is 4.28. The number of benzene rings is 1. The lowest BCUT2D eigenvalue weighted by Crippen LogP contribution is -2.34. The summed E-state index contributed by atoms with van der Waals surface area (Å²) in [6.45, 7) is -0.643. The minimum atomic E-state index is -4.94. The van der Waals surface area contributed by atoms with Crippen LogP contribution in [0, 0.1) is 0 Å². The molecule has 0 saturated heterocycles. The van der Waals surface area contributed by atoms with Crippen molar-refractivity contribution in [2.45, 2.75) is 6.36 Å². The van der Waals surface area contributed by atoms with Gasteiger partial charge in [0.05, 0.1) is 18.8 Å². The summed E-state index contributed by atoms with van der Waals surface area (Å²) in [6, 6.07) is 2.51. The van der Waals surface area contributed by atoms with Gasteiger partial charge in [-0.25, -0.2) is 0 Å². The molecular formula is C13H9Br2F3N2O4. The van der Waals surface area contributed by atoms with Crippen molar-refractivity contribution >= 4 is 49.4 Å². The van der Waals surface area contributed by atoms with Gasteiger partial charge in [-0.05, 0) is 28.1 Å². The summed E-state index contributed by atoms with van der Waals surface area (Å²) in [5.41, 5.74) is -0.405. The summed E-state index contributed by atoms with van der Waals surface area (Å²) in [5, 5.41) is 11.3. The van der Waals surface area contributed by atoms with Gasteiger partial charge in [-0.3, -0.25) is 14.5 Å². The Bertz CT molecular complexity index is 722. The predicted octanol–water partition coefficient (Wildman–Crippen LogP) is 2.77. The van der Waals surface area contributed by atoms with Crippen molar-refractivity contribution in [3.63, 3.8) is 0 Å². The standard InChI is InChI=1S/C13H9Br2F3N2O4/c14-6-3-7(15)11(9(4-6)24-13(16,17)18)19-8-5-10(22)20(1-2-21)12(8)23/h3-5,19,21H,1-2H2. The summed E-state index contributed by atoms with van der Waals surface area (Å²) < 4.78 is 42.1. The van der Waals surface area contributed by atoms with E-state index < -0.39 is 30.5 Å². The molecule has 6 nitrogen and oxygen atoms in total. The number of anilines is 1. The first kappa shape index (κ1) is 18.7. The smallest absolute Gasteiger partial charge is 0.403 e. The highest BCUT2D eigenvalue weighted by molar-refractivity contribution is 9.11. The number of hydrogen-bond acceptors (Lipinski definition) is 5. The first-order valence-electron chi connectivity index (χ1n) is 6.32. The SMILES string of the molecule is O=C1C=C(Nc2c(Br)cc(Br)cc2OC(F)(F)F)C(=O)N1CCO. The molecule has 0 aromatic heterocycles. The van der Waals surface area contributed by atoms with Crippen LogP contribution in [0.15, 0.2) is 32.9 Å². The van der Waals surface area contributed by atoms with E-state index in [9.17, 15) is 22.8 Å². The molecule has 0 radical (unpaired) electrons. The quantitative estimate of drug-likeness (QED) is 0.643. The predicted molar refractivity (Wildman–Crippen MR) is 84.0 cm³/mol. The zero-order valence-corrected chi connectivity index (χ0v) is 14.8. The number of hydrogen-bond donors (Lipinski definition) is 2. The second-order valence-corrected chi connectivity index (χ2v) is 6.28. The Labute approximate surface area is 150 Å². The number of nitrogens with one attached hydrogen (secondary N) is 1. The maximum Gasteiger partial charge on any atom is 0.573 e. The number of carbonyl (C=O) groups excluding carboxylic acids is 2. The molecule has 1 aromatic carbocycles. The molecule has 130 valence electrons. The minimum absolute atomic E-state index is 0.172. The Kier molecular flexibility index (Phi) is 5.56. The average Bonchev–Trinajstić information content (AvgIpc) is 2.69. The van der Waals surface area contributed by atoms with Crippen molar-refractivity contribution < 1.29 is 32.6 Å². The van der Waals surface area contributed by atoms with Crippen LogP contribution < -0.4 is 10.1 Å². The maximum atomic E-state index is 12.5. The number of imide groups is 1. The molecule has 1 aromatic rings. The number of carbonyl (C=O) groups is 2. The number of alkyl halides is 3. The van der Waals surface area contributed by atoms with Gasteiger partial charge >= 0.3 is 6.36 Å². The van der Waals surface area contributed by atoms with Gasteiger partial charge in [0.25, 0.3) is 11.8 Å². The van der Waals surface area contributed by atoms with E-state index in [0.29, 0.717) is 4.47 Å². The van der Waals surface area contributed by atoms with Crippen LogP contribution in [0.5, 0.6) is 5.75 Å². The molecule has 0 aliphatic carbocycles. The number of aliphatic hydroxyl groups excluding tert-OH is 1. The minimum Gasteiger partial charge on any atom is -0.403 e. The lowest BCUT2D eigenvalue weighted by molar-refractivity contribution is -0.274. The summed E-state index contributed by atoms with van der Waals surface area (Å²) in [5.74, 6) is -2.03. The summed E-state index contributed by atoms with van der Waals surface area (Å²) in [7, 11) is 0. The van der Waals surface area contributed by atoms with E-state index in [1.165, 1.54) is 6.07 Å². The summed E-state index contributed by atoms with van der Waals surface area (Å²) in [4.78, 5) is 24.5. The van der Waals surface area contributed by atoms with Crippen LogP contribution in [-0.4, -0.2) is 41.3 Å². The van der Waals surface area contributed by atoms with Crippen molar-refractivity contribution in [2.75, 3.05) is 18.5 Å². The second-order valence-electron chi connectivity index (χ2n) is 4.51. The number of β-amino-alcohol motifs (C(OH)–C–C–N with tert-alkyl or cyclic N) is 1. The Morgan fingerprint density at radius 1 is 1.25 bits per heavy atom. The van der Waals surface area contributed by atoms with Crippen LogP contribution in [0.4, 0.5) is 18.9 Å². The average molecular weight is 474 g/mol. The highest BCUT2D eigenvalue weighted by Gasteiger charge is 2.35. The van der Waals surface area contributed by atoms with Crippen molar-refractivity contribution in [2.24, 2.45) is 0 Å². The molecule has 0 atom stereocenters. The van der Waals surface area contributed by atoms with Gasteiger partial charge in [0.15, 0.2) is 5.75 Å². The molecule has 2 N–H and O–H groups in total. The number of aliphatic hydroxyl groups is 1. The monoisotopic (exact) mass is 472 g/mol. The molecule has 0 unspecified atom stereocenters. The van der Waals surface area contributed by atoms with Crippen molar-refractivity contribution in [3.8, 4) is 5.75 Å². The number of nitrogens with zero attached hydrogens (tertiary/aromatic N) is 1. The van der Waals surface area contributed by atoms with Crippen molar-refractivity contribution in [1.82, 2.24) is 4.90 Å². The molecule has 2 rings (SSSR count). The van der Waals surface area contributed by atoms with Gasteiger partial charge < -0.3 is 15.2 Å². The van der Waals surface area contributed by atoms with Gasteiger partial charge in [0, 0.05) is 15.0 Å². The van der Waals surface area contributed by atoms with Crippen LogP contribution in [0.2, 0.25) is 0 Å². The highest BCUT2D eigenvalue weighted by atomic mass is 79.9. The molecule has 0 saturated carbocycles. The fourth-order valence-corrected chi connectivity index (χ4v) is 3.21. The maximum absolute atomic E-state index is 12.5. The first-order valence-corrected chi connectivity index (χ1v) is 7.91. The Balaban J connectivity index is 2.35. The number of rotatable bonds is 5. The van der Waals surface area contributed by atoms with Gasteiger partial charge in [0.1, 0.15) is 5.70 Å². The van der Waals surface area contributed by atoms with E-state index in [1.807, 2.05) is 0 Å². The lowest BCUT2D eigenvalue weighted by Gasteiger charge is -2.17. The van der Waals surface area contributed by atoms with Crippen molar-refractivity contribution in [1.29, 1.82) is 0 Å². The zero-order chi connectivity index (χ0) is 18.1. The van der Waals surface area contributed by atoms with Crippen LogP contribution in [0.25, 0.3) is 0 Å². The first-order chi connectivity index (χ1) is 11.1.